The normalized spacial score (nSPS) is 19.9. The second kappa shape index (κ2) is 13.9. The number of benzene rings is 1. The summed E-state index contributed by atoms with van der Waals surface area (Å²) in [6, 6.07) is 4.63. The number of fused-ring (bicyclic) bond motifs is 1. The molecule has 3 atom stereocenters. The number of aliphatic carboxylic acids is 1. The molecule has 3 rings (SSSR count). The van der Waals surface area contributed by atoms with E-state index in [2.05, 4.69) is 15.9 Å². The molecule has 0 spiro atoms. The number of halogens is 2. The Morgan fingerprint density at radius 2 is 2.03 bits per heavy atom. The third-order valence-electron chi connectivity index (χ3n) is 5.66. The molecule has 0 bridgehead atoms. The molecule has 0 aromatic heterocycles. The number of anilines is 1. The summed E-state index contributed by atoms with van der Waals surface area (Å²) in [5.74, 6) is 3.89. The number of β-lactam (4-membered cyclic amide) rings is 1. The van der Waals surface area contributed by atoms with Gasteiger partial charge in [0.15, 0.2) is 0 Å². The Balaban J connectivity index is 0.000000784. The summed E-state index contributed by atoms with van der Waals surface area (Å²) in [4.78, 5) is 25.6. The van der Waals surface area contributed by atoms with Gasteiger partial charge in [0.25, 0.3) is 0 Å². The van der Waals surface area contributed by atoms with Crippen molar-refractivity contribution >= 4 is 50.7 Å². The van der Waals surface area contributed by atoms with E-state index < -0.39 is 18.0 Å². The summed E-state index contributed by atoms with van der Waals surface area (Å²) in [5.41, 5.74) is 1.52. The topological polar surface area (TPSA) is 164 Å². The Morgan fingerprint density at radius 3 is 2.57 bits per heavy atom. The molecule has 3 unspecified atom stereocenters. The van der Waals surface area contributed by atoms with Crippen molar-refractivity contribution in [1.82, 2.24) is 4.90 Å². The highest BCUT2D eigenvalue weighted by molar-refractivity contribution is 9.09. The minimum atomic E-state index is -1.20. The van der Waals surface area contributed by atoms with E-state index in [0.717, 1.165) is 11.8 Å². The van der Waals surface area contributed by atoms with Gasteiger partial charge in [-0.2, -0.15) is 0 Å². The number of carboxylic acid groups (broad SMARTS) is 1. The molecule has 10 nitrogen and oxygen atoms in total. The number of aliphatic hydroxyl groups excluding tert-OH is 3. The maximum Gasteiger partial charge on any atom is 0.352 e. The van der Waals surface area contributed by atoms with Gasteiger partial charge in [0.2, 0.25) is 5.91 Å². The van der Waals surface area contributed by atoms with Crippen LogP contribution in [-0.2, 0) is 9.59 Å². The fourth-order valence-corrected chi connectivity index (χ4v) is 4.51. The minimum Gasteiger partial charge on any atom is -0.477 e. The number of rotatable bonds is 11. The average molecular weight is 577 g/mol. The van der Waals surface area contributed by atoms with Gasteiger partial charge in [0.1, 0.15) is 11.9 Å². The van der Waals surface area contributed by atoms with Crippen LogP contribution in [0.2, 0.25) is 5.02 Å². The Morgan fingerprint density at radius 1 is 1.34 bits per heavy atom. The van der Waals surface area contributed by atoms with E-state index in [1.807, 2.05) is 5.32 Å². The van der Waals surface area contributed by atoms with E-state index >= 15 is 0 Å². The molecule has 2 heterocycles. The van der Waals surface area contributed by atoms with Gasteiger partial charge in [0, 0.05) is 30.0 Å². The number of carbonyl (C=O) groups is 2. The zero-order valence-electron chi connectivity index (χ0n) is 19.5. The first-order valence-electron chi connectivity index (χ1n) is 11.3. The van der Waals surface area contributed by atoms with E-state index in [-0.39, 0.29) is 24.3 Å². The van der Waals surface area contributed by atoms with Crippen LogP contribution in [0.3, 0.4) is 0 Å². The fraction of sp³-hybridized carbons (Fsp3) is 0.478. The van der Waals surface area contributed by atoms with E-state index in [9.17, 15) is 19.8 Å². The second-order valence-electron chi connectivity index (χ2n) is 8.19. The monoisotopic (exact) mass is 575 g/mol. The number of carboxylic acids is 1. The number of hydrogen-bond donors (Lipinski definition) is 6. The van der Waals surface area contributed by atoms with Crippen LogP contribution in [0, 0.1) is 5.92 Å². The molecule has 12 heteroatoms. The molecule has 1 fully saturated rings. The van der Waals surface area contributed by atoms with Crippen molar-refractivity contribution in [2.45, 2.75) is 38.3 Å². The van der Waals surface area contributed by atoms with Crippen LogP contribution in [0.15, 0.2) is 36.3 Å². The molecule has 8 N–H and O–H groups in total. The Labute approximate surface area is 217 Å². The van der Waals surface area contributed by atoms with Gasteiger partial charge in [-0.15, -0.1) is 0 Å². The smallest absolute Gasteiger partial charge is 0.352 e. The standard InChI is InChI=1S/C20H25ClN4O5.C3H7BrO/c1-11(27)17-16-10-15(18(20(29)30)25(16)19(17)28)12-7-13(21)9-14(8-12)24(22)5-4-23-3-2-6-26;4-2-1-3-5/h4-5,7-9,11,16-17,23,26-27H,2-3,6,10,22H2,1H3,(H,29,30);5H,1-3H2/p+1/b5-4-;. The Bertz CT molecular complexity index is 956. The highest BCUT2D eigenvalue weighted by Gasteiger charge is 2.56. The van der Waals surface area contributed by atoms with Gasteiger partial charge in [-0.05, 0) is 49.1 Å². The van der Waals surface area contributed by atoms with Gasteiger partial charge in [-0.3, -0.25) is 9.80 Å². The lowest BCUT2D eigenvalue weighted by Gasteiger charge is -2.44. The van der Waals surface area contributed by atoms with Crippen LogP contribution in [0.4, 0.5) is 5.69 Å². The maximum atomic E-state index is 12.4. The number of carbonyl (C=O) groups excluding carboxylic acids is 1. The number of amides is 1. The summed E-state index contributed by atoms with van der Waals surface area (Å²) in [6.07, 6.45) is 4.37. The van der Waals surface area contributed by atoms with Crippen molar-refractivity contribution in [3.05, 3.63) is 46.9 Å². The van der Waals surface area contributed by atoms with Crippen molar-refractivity contribution in [1.29, 1.82) is 0 Å². The lowest BCUT2D eigenvalue weighted by molar-refractivity contribution is -0.588. The summed E-state index contributed by atoms with van der Waals surface area (Å²) in [7, 11) is 0. The van der Waals surface area contributed by atoms with E-state index in [1.54, 1.807) is 30.6 Å². The van der Waals surface area contributed by atoms with E-state index in [0.29, 0.717) is 47.8 Å². The van der Waals surface area contributed by atoms with Gasteiger partial charge >= 0.3 is 5.97 Å². The molecule has 1 saturated heterocycles. The molecule has 1 aromatic carbocycles. The highest BCUT2D eigenvalue weighted by atomic mass is 79.9. The number of nitrogens with zero attached hydrogens (tertiary/aromatic N) is 2. The van der Waals surface area contributed by atoms with E-state index in [1.165, 1.54) is 16.8 Å². The molecule has 0 radical (unpaired) electrons. The zero-order chi connectivity index (χ0) is 26.1. The summed E-state index contributed by atoms with van der Waals surface area (Å²) < 4.78 is 0. The molecule has 0 saturated carbocycles. The molecule has 2 aliphatic heterocycles. The molecular formula is C23H33BrClN4O6+. The number of nitrogens with two attached hydrogens (primary N) is 2. The summed E-state index contributed by atoms with van der Waals surface area (Å²) >= 11 is 9.42. The third kappa shape index (κ3) is 7.26. The quantitative estimate of drug-likeness (QED) is 0.0733. The van der Waals surface area contributed by atoms with Crippen LogP contribution in [0.5, 0.6) is 0 Å². The SMILES string of the molecule is CC(O)C1C(=O)N2C(C(=O)O)=C(c3cc(Cl)cc(N(N)/C=C\[NH2+]CCCO)c3)CC12.OCCCBr. The predicted octanol–water partition coefficient (Wildman–Crippen LogP) is 0.608. The zero-order valence-corrected chi connectivity index (χ0v) is 21.8. The van der Waals surface area contributed by atoms with Crippen LogP contribution in [-0.4, -0.2) is 74.4 Å². The minimum absolute atomic E-state index is 0.0773. The summed E-state index contributed by atoms with van der Waals surface area (Å²) in [5, 5.41) is 41.0. The molecule has 0 aliphatic carbocycles. The third-order valence-corrected chi connectivity index (χ3v) is 6.44. The first kappa shape index (κ1) is 29.2. The predicted molar refractivity (Wildman–Crippen MR) is 136 cm³/mol. The lowest BCUT2D eigenvalue weighted by atomic mass is 9.82. The van der Waals surface area contributed by atoms with Crippen molar-refractivity contribution < 1.29 is 35.3 Å². The fourth-order valence-electron chi connectivity index (χ4n) is 4.03. The summed E-state index contributed by atoms with van der Waals surface area (Å²) in [6.45, 7) is 2.66. The van der Waals surface area contributed by atoms with Crippen molar-refractivity contribution in [3.8, 4) is 0 Å². The largest absolute Gasteiger partial charge is 0.477 e. The molecule has 194 valence electrons. The van der Waals surface area contributed by atoms with Crippen LogP contribution in [0.1, 0.15) is 31.7 Å². The van der Waals surface area contributed by atoms with Crippen LogP contribution >= 0.6 is 27.5 Å². The van der Waals surface area contributed by atoms with Gasteiger partial charge in [-0.25, -0.2) is 10.6 Å². The van der Waals surface area contributed by atoms with Crippen molar-refractivity contribution in [2.24, 2.45) is 11.8 Å². The first-order chi connectivity index (χ1) is 16.7. The van der Waals surface area contributed by atoms with Gasteiger partial charge < -0.3 is 30.6 Å². The second-order valence-corrected chi connectivity index (χ2v) is 9.42. The highest BCUT2D eigenvalue weighted by Crippen LogP contribution is 2.47. The van der Waals surface area contributed by atoms with E-state index in [4.69, 9.17) is 27.7 Å². The number of aliphatic hydroxyl groups is 3. The molecule has 35 heavy (non-hydrogen) atoms. The Kier molecular flexibility index (Phi) is 11.6. The lowest BCUT2D eigenvalue weighted by Crippen LogP contribution is -2.78. The van der Waals surface area contributed by atoms with Crippen molar-refractivity contribution in [3.63, 3.8) is 0 Å². The molecule has 2 aliphatic rings. The van der Waals surface area contributed by atoms with Gasteiger partial charge in [-0.1, -0.05) is 27.5 Å². The van der Waals surface area contributed by atoms with Crippen LogP contribution in [0.25, 0.3) is 5.57 Å². The number of alkyl halides is 1. The average Bonchev–Trinajstić information content (AvgIpc) is 3.14. The van der Waals surface area contributed by atoms with Gasteiger partial charge in [0.05, 0.1) is 36.5 Å². The molecular weight excluding hydrogens is 544 g/mol. The number of quaternary nitrogens is 1. The molecule has 1 aromatic rings. The van der Waals surface area contributed by atoms with Crippen LogP contribution < -0.4 is 16.2 Å². The Hall–Kier alpha value is -1.99. The number of hydrazine groups is 1. The van der Waals surface area contributed by atoms with Crippen molar-refractivity contribution in [2.75, 3.05) is 30.1 Å². The maximum absolute atomic E-state index is 12.4. The molecule has 1 amide bonds. The first-order valence-corrected chi connectivity index (χ1v) is 12.8. The number of hydrogen-bond acceptors (Lipinski definition) is 7.